The van der Waals surface area contributed by atoms with E-state index in [2.05, 4.69) is 10.3 Å². The molecule has 1 saturated heterocycles. The van der Waals surface area contributed by atoms with Crippen molar-refractivity contribution in [2.24, 2.45) is 7.05 Å². The summed E-state index contributed by atoms with van der Waals surface area (Å²) in [6.45, 7) is 0.541. The third kappa shape index (κ3) is 4.14. The number of rotatable bonds is 5. The number of aromatic nitrogens is 2. The largest absolute Gasteiger partial charge is 0.380 e. The maximum Gasteiger partial charge on any atom is 0.262 e. The standard InChI is InChI=1S/C20H20ClFN4O2S/c1-25-12-20(23-13-25)29(27,28)26-10-18(14-2-6-16(22)7-3-14)19(11-26)24-17-8-4-15(21)5-9-17/h2-9,12-13,18-19,24H,10-11H2,1H3/t18-,19+/m1/s1. The molecule has 152 valence electrons. The van der Waals surface area contributed by atoms with Gasteiger partial charge in [0, 0.05) is 49.0 Å². The number of imidazole rings is 1. The van der Waals surface area contributed by atoms with Crippen molar-refractivity contribution in [3.8, 4) is 0 Å². The second-order valence-corrected chi connectivity index (χ2v) is 9.44. The number of anilines is 1. The average Bonchev–Trinajstić information content (AvgIpc) is 3.32. The van der Waals surface area contributed by atoms with Crippen LogP contribution in [0.4, 0.5) is 10.1 Å². The smallest absolute Gasteiger partial charge is 0.262 e. The number of sulfonamides is 1. The molecule has 1 aliphatic heterocycles. The van der Waals surface area contributed by atoms with Crippen LogP contribution in [0.25, 0.3) is 0 Å². The molecule has 4 rings (SSSR count). The van der Waals surface area contributed by atoms with E-state index in [1.54, 1.807) is 35.9 Å². The Morgan fingerprint density at radius 2 is 1.79 bits per heavy atom. The van der Waals surface area contributed by atoms with Crippen LogP contribution in [-0.2, 0) is 17.1 Å². The van der Waals surface area contributed by atoms with E-state index >= 15 is 0 Å². The molecule has 1 aromatic heterocycles. The zero-order valence-electron chi connectivity index (χ0n) is 15.7. The molecule has 0 aliphatic carbocycles. The van der Waals surface area contributed by atoms with Crippen LogP contribution < -0.4 is 5.32 Å². The first kappa shape index (κ1) is 19.9. The van der Waals surface area contributed by atoms with E-state index in [-0.39, 0.29) is 35.9 Å². The van der Waals surface area contributed by atoms with Gasteiger partial charge in [0.15, 0.2) is 5.03 Å². The highest BCUT2D eigenvalue weighted by Gasteiger charge is 2.41. The maximum atomic E-state index is 13.4. The third-order valence-electron chi connectivity index (χ3n) is 5.07. The Kier molecular flexibility index (Phi) is 5.33. The van der Waals surface area contributed by atoms with Crippen LogP contribution in [0.15, 0.2) is 66.1 Å². The number of nitrogens with zero attached hydrogens (tertiary/aromatic N) is 3. The molecule has 0 radical (unpaired) electrons. The minimum absolute atomic E-state index is 0.0185. The summed E-state index contributed by atoms with van der Waals surface area (Å²) in [7, 11) is -2.01. The SMILES string of the molecule is Cn1cnc(S(=O)(=O)N2C[C@H](Nc3ccc(Cl)cc3)[C@@H](c3ccc(F)cc3)C2)c1. The quantitative estimate of drug-likeness (QED) is 0.667. The van der Waals surface area contributed by atoms with Crippen molar-refractivity contribution in [2.45, 2.75) is 17.0 Å². The summed E-state index contributed by atoms with van der Waals surface area (Å²) in [6.07, 6.45) is 2.95. The van der Waals surface area contributed by atoms with E-state index < -0.39 is 10.0 Å². The second-order valence-electron chi connectivity index (χ2n) is 7.12. The fourth-order valence-electron chi connectivity index (χ4n) is 3.57. The van der Waals surface area contributed by atoms with Crippen molar-refractivity contribution in [1.82, 2.24) is 13.9 Å². The van der Waals surface area contributed by atoms with Gasteiger partial charge in [0.1, 0.15) is 5.82 Å². The lowest BCUT2D eigenvalue weighted by atomic mass is 9.94. The Labute approximate surface area is 174 Å². The van der Waals surface area contributed by atoms with Gasteiger partial charge in [0.05, 0.1) is 6.33 Å². The normalized spacial score (nSPS) is 20.1. The molecule has 1 aliphatic rings. The lowest BCUT2D eigenvalue weighted by molar-refractivity contribution is 0.468. The molecule has 9 heteroatoms. The predicted octanol–water partition coefficient (Wildman–Crippen LogP) is 3.48. The van der Waals surface area contributed by atoms with Gasteiger partial charge in [-0.3, -0.25) is 0 Å². The van der Waals surface area contributed by atoms with Gasteiger partial charge in [0.25, 0.3) is 10.0 Å². The van der Waals surface area contributed by atoms with Crippen molar-refractivity contribution in [1.29, 1.82) is 0 Å². The highest BCUT2D eigenvalue weighted by atomic mass is 35.5. The van der Waals surface area contributed by atoms with E-state index in [0.29, 0.717) is 5.02 Å². The highest BCUT2D eigenvalue weighted by molar-refractivity contribution is 7.89. The highest BCUT2D eigenvalue weighted by Crippen LogP contribution is 2.33. The zero-order valence-corrected chi connectivity index (χ0v) is 17.2. The maximum absolute atomic E-state index is 13.4. The van der Waals surface area contributed by atoms with Crippen LogP contribution >= 0.6 is 11.6 Å². The molecule has 0 unspecified atom stereocenters. The Morgan fingerprint density at radius 1 is 1.10 bits per heavy atom. The van der Waals surface area contributed by atoms with E-state index in [1.807, 2.05) is 12.1 Å². The van der Waals surface area contributed by atoms with Crippen molar-refractivity contribution in [3.63, 3.8) is 0 Å². The topological polar surface area (TPSA) is 67.2 Å². The number of hydrogen-bond acceptors (Lipinski definition) is 4. The monoisotopic (exact) mass is 434 g/mol. The lowest BCUT2D eigenvalue weighted by Crippen LogP contribution is -2.32. The molecular weight excluding hydrogens is 415 g/mol. The first-order valence-electron chi connectivity index (χ1n) is 9.08. The number of benzene rings is 2. The van der Waals surface area contributed by atoms with Gasteiger partial charge in [-0.15, -0.1) is 0 Å². The molecule has 2 aromatic carbocycles. The molecule has 29 heavy (non-hydrogen) atoms. The summed E-state index contributed by atoms with van der Waals surface area (Å²) < 4.78 is 42.6. The third-order valence-corrected chi connectivity index (χ3v) is 7.04. The van der Waals surface area contributed by atoms with Gasteiger partial charge >= 0.3 is 0 Å². The van der Waals surface area contributed by atoms with E-state index in [4.69, 9.17) is 11.6 Å². The number of nitrogens with one attached hydrogen (secondary N) is 1. The average molecular weight is 435 g/mol. The van der Waals surface area contributed by atoms with Gasteiger partial charge < -0.3 is 9.88 Å². The van der Waals surface area contributed by atoms with Gasteiger partial charge in [0.2, 0.25) is 0 Å². The van der Waals surface area contributed by atoms with Crippen molar-refractivity contribution < 1.29 is 12.8 Å². The molecule has 2 atom stereocenters. The molecule has 0 amide bonds. The van der Waals surface area contributed by atoms with Crippen LogP contribution in [0, 0.1) is 5.82 Å². The number of hydrogen-bond donors (Lipinski definition) is 1. The lowest BCUT2D eigenvalue weighted by Gasteiger charge is -2.21. The fourth-order valence-corrected chi connectivity index (χ4v) is 5.16. The summed E-state index contributed by atoms with van der Waals surface area (Å²) in [4.78, 5) is 4.01. The van der Waals surface area contributed by atoms with Gasteiger partial charge in [-0.25, -0.2) is 17.8 Å². The summed E-state index contributed by atoms with van der Waals surface area (Å²) >= 11 is 5.96. The molecule has 2 heterocycles. The van der Waals surface area contributed by atoms with Crippen LogP contribution in [0.2, 0.25) is 5.02 Å². The molecule has 3 aromatic rings. The molecule has 6 nitrogen and oxygen atoms in total. The van der Waals surface area contributed by atoms with Crippen LogP contribution in [0.1, 0.15) is 11.5 Å². The van der Waals surface area contributed by atoms with E-state index in [0.717, 1.165) is 11.3 Å². The number of halogens is 2. The van der Waals surface area contributed by atoms with Gasteiger partial charge in [-0.05, 0) is 42.0 Å². The summed E-state index contributed by atoms with van der Waals surface area (Å²) in [5, 5.41) is 4.05. The molecule has 0 spiro atoms. The zero-order chi connectivity index (χ0) is 20.6. The number of aryl methyl sites for hydroxylation is 1. The molecule has 0 saturated carbocycles. The van der Waals surface area contributed by atoms with E-state index in [1.165, 1.54) is 29.0 Å². The Morgan fingerprint density at radius 3 is 2.41 bits per heavy atom. The van der Waals surface area contributed by atoms with Crippen molar-refractivity contribution >= 4 is 27.3 Å². The minimum atomic E-state index is -3.73. The van der Waals surface area contributed by atoms with Crippen molar-refractivity contribution in [2.75, 3.05) is 18.4 Å². The summed E-state index contributed by atoms with van der Waals surface area (Å²) in [6, 6.07) is 13.2. The van der Waals surface area contributed by atoms with Crippen LogP contribution in [0.5, 0.6) is 0 Å². The second kappa shape index (κ2) is 7.78. The van der Waals surface area contributed by atoms with Gasteiger partial charge in [-0.2, -0.15) is 4.31 Å². The minimum Gasteiger partial charge on any atom is -0.380 e. The van der Waals surface area contributed by atoms with Crippen LogP contribution in [-0.4, -0.2) is 41.4 Å². The fraction of sp³-hybridized carbons (Fsp3) is 0.250. The Bertz CT molecular complexity index is 1100. The summed E-state index contributed by atoms with van der Waals surface area (Å²) in [5.41, 5.74) is 1.71. The first-order chi connectivity index (χ1) is 13.8. The molecule has 0 bridgehead atoms. The first-order valence-corrected chi connectivity index (χ1v) is 10.9. The molecular formula is C20H20ClFN4O2S. The predicted molar refractivity (Wildman–Crippen MR) is 110 cm³/mol. The Hall–Kier alpha value is -2.42. The van der Waals surface area contributed by atoms with Gasteiger partial charge in [-0.1, -0.05) is 23.7 Å². The van der Waals surface area contributed by atoms with E-state index in [9.17, 15) is 12.8 Å². The van der Waals surface area contributed by atoms with Crippen molar-refractivity contribution in [3.05, 3.63) is 77.5 Å². The molecule has 1 N–H and O–H groups in total. The Balaban J connectivity index is 1.65. The van der Waals surface area contributed by atoms with Crippen LogP contribution in [0.3, 0.4) is 0 Å². The molecule has 1 fully saturated rings. The summed E-state index contributed by atoms with van der Waals surface area (Å²) in [5.74, 6) is -0.475.